The predicted molar refractivity (Wildman–Crippen MR) is 138 cm³/mol. The molecule has 0 fully saturated rings. The highest BCUT2D eigenvalue weighted by atomic mass is 14.2. The average molecular weight is 411 g/mol. The van der Waals surface area contributed by atoms with E-state index in [9.17, 15) is 0 Å². The minimum Gasteiger partial charge on any atom is -0.0649 e. The highest BCUT2D eigenvalue weighted by Gasteiger charge is 2.14. The maximum Gasteiger partial charge on any atom is -0.0159 e. The highest BCUT2D eigenvalue weighted by molar-refractivity contribution is 5.23. The van der Waals surface area contributed by atoms with Gasteiger partial charge in [-0.2, -0.15) is 0 Å². The van der Waals surface area contributed by atoms with Gasteiger partial charge in [0.25, 0.3) is 0 Å². The Morgan fingerprint density at radius 3 is 1.23 bits per heavy atom. The number of hydrogen-bond donors (Lipinski definition) is 0. The highest BCUT2D eigenvalue weighted by Crippen LogP contribution is 2.31. The summed E-state index contributed by atoms with van der Waals surface area (Å²) in [6.07, 6.45) is 4.98. The third-order valence-corrected chi connectivity index (χ3v) is 5.89. The van der Waals surface area contributed by atoms with Gasteiger partial charge in [0.15, 0.2) is 0 Å². The molecule has 30 heavy (non-hydrogen) atoms. The van der Waals surface area contributed by atoms with Gasteiger partial charge in [-0.1, -0.05) is 143 Å². The maximum atomic E-state index is 2.33. The summed E-state index contributed by atoms with van der Waals surface area (Å²) in [5.74, 6) is 1.29. The Morgan fingerprint density at radius 1 is 0.600 bits per heavy atom. The van der Waals surface area contributed by atoms with Crippen LogP contribution in [0.3, 0.4) is 0 Å². The second-order valence-electron chi connectivity index (χ2n) is 10.9. The van der Waals surface area contributed by atoms with Gasteiger partial charge in [-0.05, 0) is 46.6 Å². The average Bonchev–Trinajstić information content (AvgIpc) is 2.73. The molecular weight excluding hydrogens is 360 g/mol. The first-order chi connectivity index (χ1) is 13.9. The van der Waals surface area contributed by atoms with E-state index in [0.717, 1.165) is 0 Å². The van der Waals surface area contributed by atoms with E-state index in [1.54, 1.807) is 0 Å². The van der Waals surface area contributed by atoms with Gasteiger partial charge in [-0.25, -0.2) is 0 Å². The van der Waals surface area contributed by atoms with Crippen molar-refractivity contribution in [1.29, 1.82) is 0 Å². The van der Waals surface area contributed by atoms with Crippen molar-refractivity contribution in [2.24, 2.45) is 10.8 Å². The zero-order valence-corrected chi connectivity index (χ0v) is 21.8. The van der Waals surface area contributed by atoms with Crippen molar-refractivity contribution in [1.82, 2.24) is 0 Å². The molecule has 0 spiro atoms. The summed E-state index contributed by atoms with van der Waals surface area (Å²) in [6, 6.07) is 21.7. The van der Waals surface area contributed by atoms with Gasteiger partial charge >= 0.3 is 0 Å². The fourth-order valence-electron chi connectivity index (χ4n) is 2.61. The van der Waals surface area contributed by atoms with Crippen molar-refractivity contribution in [3.8, 4) is 0 Å². The fourth-order valence-corrected chi connectivity index (χ4v) is 2.61. The quantitative estimate of drug-likeness (QED) is 0.460. The normalized spacial score (nSPS) is 13.3. The van der Waals surface area contributed by atoms with Crippen LogP contribution in [0.15, 0.2) is 60.7 Å². The molecule has 0 saturated heterocycles. The fraction of sp³-hybridized carbons (Fsp3) is 0.600. The minimum absolute atomic E-state index is 0.542. The Labute approximate surface area is 189 Å². The molecule has 2 rings (SSSR count). The lowest BCUT2D eigenvalue weighted by Gasteiger charge is -2.20. The second kappa shape index (κ2) is 14.4. The summed E-state index contributed by atoms with van der Waals surface area (Å²) >= 11 is 0. The SMILES string of the molecule is CCC(C)(C)C.CCC(C)(C)C.CCC(CC(C)c1ccccc1)c1ccccc1. The molecule has 0 heteroatoms. The van der Waals surface area contributed by atoms with Crippen LogP contribution in [-0.2, 0) is 0 Å². The van der Waals surface area contributed by atoms with Crippen molar-refractivity contribution in [3.63, 3.8) is 0 Å². The van der Waals surface area contributed by atoms with Crippen molar-refractivity contribution in [2.45, 2.75) is 107 Å². The molecule has 0 saturated carbocycles. The lowest BCUT2D eigenvalue weighted by atomic mass is 9.85. The van der Waals surface area contributed by atoms with E-state index >= 15 is 0 Å². The van der Waals surface area contributed by atoms with Gasteiger partial charge in [-0.15, -0.1) is 0 Å². The summed E-state index contributed by atoms with van der Waals surface area (Å²) in [4.78, 5) is 0. The summed E-state index contributed by atoms with van der Waals surface area (Å²) in [5.41, 5.74) is 4.01. The van der Waals surface area contributed by atoms with E-state index < -0.39 is 0 Å². The smallest absolute Gasteiger partial charge is 0.0159 e. The molecule has 0 heterocycles. The minimum atomic E-state index is 0.542. The largest absolute Gasteiger partial charge is 0.0649 e. The third kappa shape index (κ3) is 14.4. The molecule has 0 nitrogen and oxygen atoms in total. The van der Waals surface area contributed by atoms with Crippen LogP contribution >= 0.6 is 0 Å². The molecule has 0 aromatic heterocycles. The van der Waals surface area contributed by atoms with Crippen LogP contribution in [0.4, 0.5) is 0 Å². The van der Waals surface area contributed by atoms with Crippen molar-refractivity contribution in [3.05, 3.63) is 71.8 Å². The van der Waals surface area contributed by atoms with E-state index in [-0.39, 0.29) is 0 Å². The molecule has 0 radical (unpaired) electrons. The van der Waals surface area contributed by atoms with Crippen molar-refractivity contribution >= 4 is 0 Å². The van der Waals surface area contributed by atoms with Crippen LogP contribution in [-0.4, -0.2) is 0 Å². The van der Waals surface area contributed by atoms with Gasteiger partial charge in [0.2, 0.25) is 0 Å². The predicted octanol–water partition coefficient (Wildman–Crippen LogP) is 10.3. The summed E-state index contributed by atoms with van der Waals surface area (Å²) in [6.45, 7) is 22.5. The molecule has 0 aliphatic heterocycles. The molecule has 0 bridgehead atoms. The van der Waals surface area contributed by atoms with Crippen LogP contribution in [0.5, 0.6) is 0 Å². The zero-order chi connectivity index (χ0) is 23.2. The monoisotopic (exact) mass is 410 g/mol. The van der Waals surface area contributed by atoms with Gasteiger partial charge in [0, 0.05) is 0 Å². The summed E-state index contributed by atoms with van der Waals surface area (Å²) in [5, 5.41) is 0. The topological polar surface area (TPSA) is 0 Å². The van der Waals surface area contributed by atoms with Crippen LogP contribution in [0, 0.1) is 10.8 Å². The van der Waals surface area contributed by atoms with E-state index in [2.05, 4.69) is 130 Å². The Bertz CT molecular complexity index is 611. The van der Waals surface area contributed by atoms with Crippen molar-refractivity contribution < 1.29 is 0 Å². The molecule has 170 valence electrons. The van der Waals surface area contributed by atoms with Crippen LogP contribution in [0.2, 0.25) is 0 Å². The van der Waals surface area contributed by atoms with E-state index in [1.807, 2.05) is 0 Å². The Hall–Kier alpha value is -1.56. The molecular formula is C30H50. The standard InChI is InChI=1S/C18H22.2C6H14/c1-3-16(18-12-8-5-9-13-18)14-15(2)17-10-6-4-7-11-17;2*1-5-6(2,3)4/h4-13,15-16H,3,14H2,1-2H3;2*5H2,1-4H3. The van der Waals surface area contributed by atoms with E-state index in [0.29, 0.717) is 22.7 Å². The first-order valence-corrected chi connectivity index (χ1v) is 12.0. The van der Waals surface area contributed by atoms with Crippen molar-refractivity contribution in [2.75, 3.05) is 0 Å². The first kappa shape index (κ1) is 28.4. The number of benzene rings is 2. The van der Waals surface area contributed by atoms with Gasteiger partial charge in [0.05, 0.1) is 0 Å². The molecule has 0 amide bonds. The molecule has 2 atom stereocenters. The van der Waals surface area contributed by atoms with Crippen LogP contribution in [0.25, 0.3) is 0 Å². The Balaban J connectivity index is 0.000000580. The molecule has 2 aromatic rings. The van der Waals surface area contributed by atoms with Crippen LogP contribution in [0.1, 0.15) is 118 Å². The molecule has 0 N–H and O–H groups in total. The van der Waals surface area contributed by atoms with Gasteiger partial charge < -0.3 is 0 Å². The number of hydrogen-bond acceptors (Lipinski definition) is 0. The van der Waals surface area contributed by atoms with Crippen LogP contribution < -0.4 is 0 Å². The van der Waals surface area contributed by atoms with Gasteiger partial charge in [0.1, 0.15) is 0 Å². The molecule has 2 aromatic carbocycles. The lowest BCUT2D eigenvalue weighted by Crippen LogP contribution is -2.03. The van der Waals surface area contributed by atoms with E-state index in [4.69, 9.17) is 0 Å². The molecule has 0 aliphatic carbocycles. The molecule has 0 aliphatic rings. The lowest BCUT2D eigenvalue weighted by molar-refractivity contribution is 0.397. The molecule has 2 unspecified atom stereocenters. The Morgan fingerprint density at radius 2 is 0.933 bits per heavy atom. The first-order valence-electron chi connectivity index (χ1n) is 12.0. The third-order valence-electron chi connectivity index (χ3n) is 5.89. The number of rotatable bonds is 5. The van der Waals surface area contributed by atoms with Gasteiger partial charge in [-0.3, -0.25) is 0 Å². The Kier molecular flexibility index (Phi) is 13.7. The zero-order valence-electron chi connectivity index (χ0n) is 21.8. The summed E-state index contributed by atoms with van der Waals surface area (Å²) < 4.78 is 0. The van der Waals surface area contributed by atoms with E-state index in [1.165, 1.54) is 36.8 Å². The second-order valence-corrected chi connectivity index (χ2v) is 10.9. The maximum absolute atomic E-state index is 2.33. The summed E-state index contributed by atoms with van der Waals surface area (Å²) in [7, 11) is 0.